The van der Waals surface area contributed by atoms with Crippen molar-refractivity contribution < 1.29 is 0 Å². The van der Waals surface area contributed by atoms with Crippen molar-refractivity contribution in [3.05, 3.63) is 24.3 Å². The van der Waals surface area contributed by atoms with Crippen molar-refractivity contribution in [2.24, 2.45) is 0 Å². The highest BCUT2D eigenvalue weighted by molar-refractivity contribution is 4.88. The average Bonchev–Trinajstić information content (AvgIpc) is 2.39. The van der Waals surface area contributed by atoms with E-state index in [0.717, 1.165) is 0 Å². The molecule has 0 N–H and O–H groups in total. The molecule has 0 saturated heterocycles. The van der Waals surface area contributed by atoms with Crippen molar-refractivity contribution in [2.45, 2.75) is 90.9 Å². The van der Waals surface area contributed by atoms with E-state index < -0.39 is 0 Å². The molecule has 0 aromatic carbocycles. The van der Waals surface area contributed by atoms with E-state index in [9.17, 15) is 0 Å². The van der Waals surface area contributed by atoms with Gasteiger partial charge < -0.3 is 0 Å². The summed E-state index contributed by atoms with van der Waals surface area (Å²) in [5, 5.41) is 0. The van der Waals surface area contributed by atoms with Crippen LogP contribution < -0.4 is 0 Å². The Labute approximate surface area is 116 Å². The molecular formula is C18H34. The highest BCUT2D eigenvalue weighted by Crippen LogP contribution is 2.06. The smallest absolute Gasteiger partial charge is 0.0316 e. The van der Waals surface area contributed by atoms with Gasteiger partial charge in [-0.1, -0.05) is 76.7 Å². The third-order valence-electron chi connectivity index (χ3n) is 3.28. The van der Waals surface area contributed by atoms with Gasteiger partial charge in [-0.25, -0.2) is 0 Å². The van der Waals surface area contributed by atoms with Crippen molar-refractivity contribution >= 4 is 0 Å². The van der Waals surface area contributed by atoms with Gasteiger partial charge in [-0.05, 0) is 38.5 Å². The van der Waals surface area contributed by atoms with Gasteiger partial charge in [0.25, 0.3) is 0 Å². The minimum atomic E-state index is 1.22. The fourth-order valence-corrected chi connectivity index (χ4v) is 2.04. The molecule has 0 amide bonds. The molecule has 0 spiro atoms. The summed E-state index contributed by atoms with van der Waals surface area (Å²) in [5.74, 6) is 0. The summed E-state index contributed by atoms with van der Waals surface area (Å²) in [6.45, 7) is 4.53. The molecule has 0 fully saturated rings. The van der Waals surface area contributed by atoms with Gasteiger partial charge in [-0.15, -0.1) is 0 Å². The molecule has 0 nitrogen and oxygen atoms in total. The first-order chi connectivity index (χ1) is 8.91. The van der Waals surface area contributed by atoms with Crippen molar-refractivity contribution in [1.29, 1.82) is 0 Å². The molecule has 0 radical (unpaired) electrons. The lowest BCUT2D eigenvalue weighted by Crippen LogP contribution is -1.76. The van der Waals surface area contributed by atoms with Crippen LogP contribution in [0.3, 0.4) is 0 Å². The predicted molar refractivity (Wildman–Crippen MR) is 85.0 cm³/mol. The summed E-state index contributed by atoms with van der Waals surface area (Å²) >= 11 is 0. The number of rotatable bonds is 13. The second-order valence-electron chi connectivity index (χ2n) is 5.22. The van der Waals surface area contributed by atoms with E-state index in [-0.39, 0.29) is 0 Å². The van der Waals surface area contributed by atoms with E-state index in [1.54, 1.807) is 0 Å². The molecule has 0 rings (SSSR count). The van der Waals surface area contributed by atoms with Crippen LogP contribution in [-0.2, 0) is 0 Å². The molecule has 0 aromatic heterocycles. The third kappa shape index (κ3) is 15.5. The Bertz CT molecular complexity index is 188. The maximum absolute atomic E-state index is 2.37. The van der Waals surface area contributed by atoms with Crippen LogP contribution in [0, 0.1) is 0 Å². The monoisotopic (exact) mass is 250 g/mol. The second-order valence-corrected chi connectivity index (χ2v) is 5.22. The highest BCUT2D eigenvalue weighted by atomic mass is 13.9. The first-order valence-corrected chi connectivity index (χ1v) is 8.21. The summed E-state index contributed by atoms with van der Waals surface area (Å²) in [4.78, 5) is 0. The SMILES string of the molecule is CCCCCC=CCCC=CCCCCCCC. The maximum Gasteiger partial charge on any atom is -0.0316 e. The van der Waals surface area contributed by atoms with Crippen LogP contribution in [0.5, 0.6) is 0 Å². The molecule has 0 aliphatic carbocycles. The average molecular weight is 250 g/mol. The van der Waals surface area contributed by atoms with Gasteiger partial charge in [0.2, 0.25) is 0 Å². The molecule has 0 aliphatic rings. The molecule has 0 heteroatoms. The summed E-state index contributed by atoms with van der Waals surface area (Å²) in [6, 6.07) is 0. The Hall–Kier alpha value is -0.520. The number of unbranched alkanes of at least 4 members (excludes halogenated alkanes) is 9. The van der Waals surface area contributed by atoms with Crippen LogP contribution in [-0.4, -0.2) is 0 Å². The standard InChI is InChI=1S/C18H34/c1-3-5-7-9-11-13-15-17-18-16-14-12-10-8-6-4-2/h11,13,16,18H,3-10,12,14-15,17H2,1-2H3. The van der Waals surface area contributed by atoms with E-state index in [2.05, 4.69) is 38.2 Å². The zero-order chi connectivity index (χ0) is 13.3. The normalized spacial score (nSPS) is 11.9. The van der Waals surface area contributed by atoms with E-state index in [0.29, 0.717) is 0 Å². The van der Waals surface area contributed by atoms with Gasteiger partial charge in [0.1, 0.15) is 0 Å². The zero-order valence-electron chi connectivity index (χ0n) is 12.8. The summed E-state index contributed by atoms with van der Waals surface area (Å²) in [7, 11) is 0. The van der Waals surface area contributed by atoms with Crippen LogP contribution in [0.4, 0.5) is 0 Å². The molecule has 0 aromatic rings. The van der Waals surface area contributed by atoms with E-state index in [4.69, 9.17) is 0 Å². The molecule has 0 atom stereocenters. The minimum absolute atomic E-state index is 1.22. The summed E-state index contributed by atoms with van der Waals surface area (Å²) < 4.78 is 0. The number of hydrogen-bond donors (Lipinski definition) is 0. The second kappa shape index (κ2) is 16.5. The van der Waals surface area contributed by atoms with E-state index in [1.165, 1.54) is 77.0 Å². The summed E-state index contributed by atoms with van der Waals surface area (Å²) in [5.41, 5.74) is 0. The van der Waals surface area contributed by atoms with Crippen LogP contribution in [0.15, 0.2) is 24.3 Å². The fourth-order valence-electron chi connectivity index (χ4n) is 2.04. The topological polar surface area (TPSA) is 0 Å². The number of allylic oxidation sites excluding steroid dienone is 4. The fraction of sp³-hybridized carbons (Fsp3) is 0.778. The van der Waals surface area contributed by atoms with Crippen LogP contribution >= 0.6 is 0 Å². The zero-order valence-corrected chi connectivity index (χ0v) is 12.8. The van der Waals surface area contributed by atoms with Gasteiger partial charge in [-0.2, -0.15) is 0 Å². The Morgan fingerprint density at radius 1 is 0.444 bits per heavy atom. The van der Waals surface area contributed by atoms with Crippen molar-refractivity contribution in [3.63, 3.8) is 0 Å². The van der Waals surface area contributed by atoms with Crippen LogP contribution in [0.1, 0.15) is 90.9 Å². The molecule has 0 saturated carbocycles. The van der Waals surface area contributed by atoms with Gasteiger partial charge in [0.15, 0.2) is 0 Å². The Balaban J connectivity index is 3.12. The minimum Gasteiger partial charge on any atom is -0.0885 e. The van der Waals surface area contributed by atoms with Crippen molar-refractivity contribution in [2.75, 3.05) is 0 Å². The van der Waals surface area contributed by atoms with Crippen molar-refractivity contribution in [1.82, 2.24) is 0 Å². The molecule has 0 unspecified atom stereocenters. The lowest BCUT2D eigenvalue weighted by molar-refractivity contribution is 0.637. The molecule has 18 heavy (non-hydrogen) atoms. The Morgan fingerprint density at radius 3 is 1.39 bits per heavy atom. The van der Waals surface area contributed by atoms with Gasteiger partial charge in [0, 0.05) is 0 Å². The first-order valence-electron chi connectivity index (χ1n) is 8.21. The lowest BCUT2D eigenvalue weighted by Gasteiger charge is -1.96. The lowest BCUT2D eigenvalue weighted by atomic mass is 10.1. The van der Waals surface area contributed by atoms with Gasteiger partial charge in [0.05, 0.1) is 0 Å². The predicted octanol–water partition coefficient (Wildman–Crippen LogP) is 6.82. The molecule has 0 aliphatic heterocycles. The Kier molecular flexibility index (Phi) is 16.0. The Morgan fingerprint density at radius 2 is 0.833 bits per heavy atom. The van der Waals surface area contributed by atoms with Gasteiger partial charge in [-0.3, -0.25) is 0 Å². The third-order valence-corrected chi connectivity index (χ3v) is 3.28. The number of hydrogen-bond acceptors (Lipinski definition) is 0. The molecular weight excluding hydrogens is 216 g/mol. The molecule has 0 heterocycles. The largest absolute Gasteiger partial charge is 0.0885 e. The highest BCUT2D eigenvalue weighted by Gasteiger charge is 1.86. The van der Waals surface area contributed by atoms with E-state index in [1.807, 2.05) is 0 Å². The molecule has 0 bridgehead atoms. The van der Waals surface area contributed by atoms with E-state index >= 15 is 0 Å². The molecule has 106 valence electrons. The summed E-state index contributed by atoms with van der Waals surface area (Å²) in [6.07, 6.45) is 25.5. The first kappa shape index (κ1) is 17.5. The van der Waals surface area contributed by atoms with Crippen LogP contribution in [0.2, 0.25) is 0 Å². The maximum atomic E-state index is 2.37. The quantitative estimate of drug-likeness (QED) is 0.248. The van der Waals surface area contributed by atoms with Crippen LogP contribution in [0.25, 0.3) is 0 Å². The van der Waals surface area contributed by atoms with Crippen molar-refractivity contribution in [3.8, 4) is 0 Å². The van der Waals surface area contributed by atoms with Gasteiger partial charge >= 0.3 is 0 Å².